The second kappa shape index (κ2) is 2.86. The smallest absolute Gasteiger partial charge is 0.195 e. The van der Waals surface area contributed by atoms with Gasteiger partial charge in [-0.25, -0.2) is 0 Å². The zero-order valence-corrected chi connectivity index (χ0v) is 9.11. The molecule has 0 aromatic heterocycles. The maximum atomic E-state index is 11.1. The van der Waals surface area contributed by atoms with Crippen molar-refractivity contribution in [3.05, 3.63) is 0 Å². The highest BCUT2D eigenvalue weighted by Gasteiger charge is 2.42. The van der Waals surface area contributed by atoms with Crippen molar-refractivity contribution in [3.63, 3.8) is 0 Å². The van der Waals surface area contributed by atoms with Crippen LogP contribution < -0.4 is 0 Å². The molecule has 0 amide bonds. The van der Waals surface area contributed by atoms with E-state index < -0.39 is 9.24 Å². The number of hydrogen-bond acceptors (Lipinski definition) is 2. The Morgan fingerprint density at radius 1 is 1.50 bits per heavy atom. The molecule has 0 aromatic rings. The highest BCUT2D eigenvalue weighted by Crippen LogP contribution is 2.35. The normalized spacial score (nSPS) is 30.8. The summed E-state index contributed by atoms with van der Waals surface area (Å²) in [6.07, 6.45) is 0.874. The lowest BCUT2D eigenvalue weighted by molar-refractivity contribution is 0.297. The summed E-state index contributed by atoms with van der Waals surface area (Å²) in [6.45, 7) is 6.37. The maximum Gasteiger partial charge on any atom is 0.300 e. The van der Waals surface area contributed by atoms with E-state index >= 15 is 0 Å². The third-order valence-corrected chi connectivity index (χ3v) is 3.93. The summed E-state index contributed by atoms with van der Waals surface area (Å²) in [5.74, 6) is 0.397. The average molecular weight is 212 g/mol. The van der Waals surface area contributed by atoms with Gasteiger partial charge in [0.05, 0.1) is 0 Å². The molecule has 1 saturated heterocycles. The molecule has 0 radical (unpaired) electrons. The Morgan fingerprint density at radius 3 is 2.17 bits per heavy atom. The van der Waals surface area contributed by atoms with Gasteiger partial charge < -0.3 is 0 Å². The van der Waals surface area contributed by atoms with Crippen molar-refractivity contribution in [2.24, 2.45) is 5.92 Å². The molecular weight excluding hydrogens is 198 g/mol. The van der Waals surface area contributed by atoms with Gasteiger partial charge in [0, 0.05) is 22.8 Å². The van der Waals surface area contributed by atoms with Gasteiger partial charge in [-0.05, 0) is 26.2 Å². The molecule has 1 aliphatic heterocycles. The molecule has 0 saturated carbocycles. The zero-order valence-electron chi connectivity index (χ0n) is 7.54. The van der Waals surface area contributed by atoms with Crippen LogP contribution in [0, 0.1) is 5.92 Å². The Labute approximate surface area is 78.3 Å². The number of halogens is 1. The van der Waals surface area contributed by atoms with Crippen LogP contribution in [0.2, 0.25) is 0 Å². The van der Waals surface area contributed by atoms with Gasteiger partial charge in [0.1, 0.15) is 0 Å². The fraction of sp³-hybridized carbons (Fsp3) is 1.00. The predicted molar refractivity (Wildman–Crippen MR) is 49.3 cm³/mol. The van der Waals surface area contributed by atoms with E-state index in [1.54, 1.807) is 0 Å². The summed E-state index contributed by atoms with van der Waals surface area (Å²) < 4.78 is 23.5. The molecule has 12 heavy (non-hydrogen) atoms. The SMILES string of the molecule is CC1CN(S(=O)(=O)Cl)C(C)(C)C1. The largest absolute Gasteiger partial charge is 0.300 e. The van der Waals surface area contributed by atoms with Crippen molar-refractivity contribution in [1.29, 1.82) is 0 Å². The van der Waals surface area contributed by atoms with Crippen LogP contribution in [0.15, 0.2) is 0 Å². The topological polar surface area (TPSA) is 37.4 Å². The second-order valence-electron chi connectivity index (χ2n) is 4.09. The maximum absolute atomic E-state index is 11.1. The summed E-state index contributed by atoms with van der Waals surface area (Å²) in [6, 6.07) is 0. The first-order valence-electron chi connectivity index (χ1n) is 3.96. The molecule has 0 N–H and O–H groups in total. The first-order chi connectivity index (χ1) is 5.23. The van der Waals surface area contributed by atoms with Gasteiger partial charge in [0.15, 0.2) is 0 Å². The summed E-state index contributed by atoms with van der Waals surface area (Å²) >= 11 is 0. The first kappa shape index (κ1) is 10.3. The van der Waals surface area contributed by atoms with E-state index in [-0.39, 0.29) is 5.54 Å². The van der Waals surface area contributed by atoms with Crippen LogP contribution in [0.25, 0.3) is 0 Å². The molecule has 1 heterocycles. The Balaban J connectivity index is 2.94. The van der Waals surface area contributed by atoms with Gasteiger partial charge in [-0.2, -0.15) is 12.7 Å². The van der Waals surface area contributed by atoms with E-state index in [1.165, 1.54) is 4.31 Å². The highest BCUT2D eigenvalue weighted by atomic mass is 35.7. The van der Waals surface area contributed by atoms with Crippen LogP contribution in [0.5, 0.6) is 0 Å². The Morgan fingerprint density at radius 2 is 2.00 bits per heavy atom. The van der Waals surface area contributed by atoms with Crippen LogP contribution in [-0.2, 0) is 9.24 Å². The molecule has 1 fully saturated rings. The third-order valence-electron chi connectivity index (χ3n) is 2.26. The van der Waals surface area contributed by atoms with Gasteiger partial charge in [-0.3, -0.25) is 0 Å². The molecule has 3 nitrogen and oxygen atoms in total. The van der Waals surface area contributed by atoms with Crippen molar-refractivity contribution >= 4 is 19.9 Å². The quantitative estimate of drug-likeness (QED) is 0.618. The molecule has 1 unspecified atom stereocenters. The third kappa shape index (κ3) is 1.92. The van der Waals surface area contributed by atoms with Crippen LogP contribution in [-0.4, -0.2) is 24.8 Å². The minimum absolute atomic E-state index is 0.319. The van der Waals surface area contributed by atoms with Crippen molar-refractivity contribution < 1.29 is 8.42 Å². The zero-order chi connectivity index (χ0) is 9.57. The summed E-state index contributed by atoms with van der Waals surface area (Å²) in [7, 11) is 1.75. The van der Waals surface area contributed by atoms with Crippen molar-refractivity contribution in [2.75, 3.05) is 6.54 Å². The monoisotopic (exact) mass is 211 g/mol. The van der Waals surface area contributed by atoms with Gasteiger partial charge in [0.2, 0.25) is 0 Å². The van der Waals surface area contributed by atoms with Gasteiger partial charge in [-0.15, -0.1) is 0 Å². The van der Waals surface area contributed by atoms with Crippen molar-refractivity contribution in [2.45, 2.75) is 32.7 Å². The minimum atomic E-state index is -3.54. The average Bonchev–Trinajstić information content (AvgIpc) is 2.02. The van der Waals surface area contributed by atoms with E-state index in [0.717, 1.165) is 6.42 Å². The molecule has 5 heteroatoms. The molecule has 1 atom stereocenters. The van der Waals surface area contributed by atoms with E-state index in [2.05, 4.69) is 0 Å². The fourth-order valence-electron chi connectivity index (χ4n) is 1.93. The first-order valence-corrected chi connectivity index (χ1v) is 6.22. The molecule has 0 aromatic carbocycles. The van der Waals surface area contributed by atoms with Crippen LogP contribution in [0.4, 0.5) is 0 Å². The standard InChI is InChI=1S/C7H14ClNO2S/c1-6-4-7(2,3)9(5-6)12(8,10)11/h6H,4-5H2,1-3H3. The lowest BCUT2D eigenvalue weighted by Crippen LogP contribution is -2.40. The molecule has 0 aliphatic carbocycles. The van der Waals surface area contributed by atoms with Crippen molar-refractivity contribution in [1.82, 2.24) is 4.31 Å². The number of hydrogen-bond donors (Lipinski definition) is 0. The Hall–Kier alpha value is 0.200. The number of nitrogens with zero attached hydrogens (tertiary/aromatic N) is 1. The summed E-state index contributed by atoms with van der Waals surface area (Å²) in [5.41, 5.74) is -0.319. The predicted octanol–water partition coefficient (Wildman–Crippen LogP) is 1.59. The van der Waals surface area contributed by atoms with E-state index in [9.17, 15) is 8.42 Å². The lowest BCUT2D eigenvalue weighted by Gasteiger charge is -2.27. The van der Waals surface area contributed by atoms with Crippen LogP contribution >= 0.6 is 10.7 Å². The summed E-state index contributed by atoms with van der Waals surface area (Å²) in [5, 5.41) is 0. The minimum Gasteiger partial charge on any atom is -0.195 e. The molecule has 72 valence electrons. The lowest BCUT2D eigenvalue weighted by atomic mass is 9.99. The summed E-state index contributed by atoms with van der Waals surface area (Å²) in [4.78, 5) is 0. The molecular formula is C7H14ClNO2S. The highest BCUT2D eigenvalue weighted by molar-refractivity contribution is 8.11. The number of rotatable bonds is 1. The van der Waals surface area contributed by atoms with E-state index in [0.29, 0.717) is 12.5 Å². The second-order valence-corrected chi connectivity index (χ2v) is 6.53. The Bertz CT molecular complexity index is 273. The van der Waals surface area contributed by atoms with E-state index in [4.69, 9.17) is 10.7 Å². The van der Waals surface area contributed by atoms with Crippen molar-refractivity contribution in [3.8, 4) is 0 Å². The van der Waals surface area contributed by atoms with Crippen LogP contribution in [0.3, 0.4) is 0 Å². The fourth-order valence-corrected chi connectivity index (χ4v) is 3.76. The molecule has 1 rings (SSSR count). The Kier molecular flexibility index (Phi) is 2.45. The molecule has 0 spiro atoms. The molecule has 1 aliphatic rings. The van der Waals surface area contributed by atoms with Gasteiger partial charge in [-0.1, -0.05) is 6.92 Å². The van der Waals surface area contributed by atoms with E-state index in [1.807, 2.05) is 20.8 Å². The van der Waals surface area contributed by atoms with Crippen LogP contribution in [0.1, 0.15) is 27.2 Å². The molecule has 0 bridgehead atoms. The van der Waals surface area contributed by atoms with Gasteiger partial charge in [0.25, 0.3) is 9.24 Å². The van der Waals surface area contributed by atoms with Gasteiger partial charge >= 0.3 is 0 Å².